The molecule has 1 saturated heterocycles. The Bertz CT molecular complexity index is 1720. The molecule has 1 aliphatic carbocycles. The predicted octanol–water partition coefficient (Wildman–Crippen LogP) is 7.67. The lowest BCUT2D eigenvalue weighted by molar-refractivity contribution is -0.119. The minimum Gasteiger partial charge on any atom is -0.481 e. The molecular weight excluding hydrogens is 609 g/mol. The van der Waals surface area contributed by atoms with Gasteiger partial charge in [-0.25, -0.2) is 9.97 Å². The minimum absolute atomic E-state index is 0.166. The van der Waals surface area contributed by atoms with E-state index in [0.29, 0.717) is 51.8 Å². The van der Waals surface area contributed by atoms with Crippen LogP contribution < -0.4 is 9.47 Å². The fourth-order valence-electron chi connectivity index (χ4n) is 6.73. The van der Waals surface area contributed by atoms with E-state index in [-0.39, 0.29) is 12.0 Å². The van der Waals surface area contributed by atoms with Crippen LogP contribution in [-0.4, -0.2) is 59.7 Å². The van der Waals surface area contributed by atoms with Crippen molar-refractivity contribution in [2.45, 2.75) is 45.1 Å². The van der Waals surface area contributed by atoms with Crippen LogP contribution in [0.2, 0.25) is 10.0 Å². The van der Waals surface area contributed by atoms with Gasteiger partial charge in [0.15, 0.2) is 0 Å². The molecule has 234 valence electrons. The Morgan fingerprint density at radius 2 is 1.36 bits per heavy atom. The predicted molar refractivity (Wildman–Crippen MR) is 178 cm³/mol. The molecule has 1 spiro atoms. The summed E-state index contributed by atoms with van der Waals surface area (Å²) in [4.78, 5) is 23.8. The molecule has 1 aliphatic heterocycles. The van der Waals surface area contributed by atoms with Gasteiger partial charge in [-0.1, -0.05) is 71.7 Å². The lowest BCUT2D eigenvalue weighted by atomic mass is 9.78. The Balaban J connectivity index is 1.26. The van der Waals surface area contributed by atoms with Crippen LogP contribution in [-0.2, 0) is 17.8 Å². The summed E-state index contributed by atoms with van der Waals surface area (Å²) >= 11 is 14.1. The number of hydrogen-bond acceptors (Lipinski definition) is 7. The monoisotopic (exact) mass is 645 g/mol. The van der Waals surface area contributed by atoms with E-state index >= 15 is 0 Å². The van der Waals surface area contributed by atoms with E-state index in [0.717, 1.165) is 78.7 Å². The van der Waals surface area contributed by atoms with Crippen molar-refractivity contribution in [2.24, 2.45) is 5.41 Å². The number of unbranched alkanes of at least 4 members (excludes halogenated alkanes) is 1. The zero-order valence-electron chi connectivity index (χ0n) is 25.6. The van der Waals surface area contributed by atoms with Crippen molar-refractivity contribution < 1.29 is 19.4 Å². The maximum Gasteiger partial charge on any atom is 0.218 e. The summed E-state index contributed by atoms with van der Waals surface area (Å²) in [6, 6.07) is 19.7. The molecule has 2 fully saturated rings. The van der Waals surface area contributed by atoms with Crippen LogP contribution in [0.1, 0.15) is 43.2 Å². The summed E-state index contributed by atoms with van der Waals surface area (Å²) in [5.74, 6) is 1.51. The van der Waals surface area contributed by atoms with Gasteiger partial charge in [0.1, 0.15) is 5.78 Å². The Morgan fingerprint density at radius 3 is 1.89 bits per heavy atom. The van der Waals surface area contributed by atoms with Gasteiger partial charge < -0.3 is 14.6 Å². The first kappa shape index (κ1) is 31.5. The number of hydrogen-bond donors (Lipinski definition) is 1. The van der Waals surface area contributed by atoms with Crippen LogP contribution in [0.5, 0.6) is 11.8 Å². The maximum absolute atomic E-state index is 11.8. The normalized spacial score (nSPS) is 15.8. The number of aliphatic hydroxyl groups is 1. The van der Waals surface area contributed by atoms with E-state index in [2.05, 4.69) is 11.0 Å². The molecule has 0 radical (unpaired) electrons. The van der Waals surface area contributed by atoms with Gasteiger partial charge in [0.25, 0.3) is 0 Å². The van der Waals surface area contributed by atoms with E-state index in [1.165, 1.54) is 0 Å². The second-order valence-corrected chi connectivity index (χ2v) is 12.9. The van der Waals surface area contributed by atoms with Gasteiger partial charge >= 0.3 is 0 Å². The molecule has 3 heterocycles. The zero-order valence-corrected chi connectivity index (χ0v) is 27.1. The second kappa shape index (κ2) is 13.5. The number of aliphatic hydroxyl groups excluding tert-OH is 1. The van der Waals surface area contributed by atoms with Gasteiger partial charge in [0, 0.05) is 77.9 Å². The summed E-state index contributed by atoms with van der Waals surface area (Å²) in [6.07, 6.45) is 4.78. The van der Waals surface area contributed by atoms with Crippen LogP contribution in [0.3, 0.4) is 0 Å². The fourth-order valence-corrected chi connectivity index (χ4v) is 7.38. The topological polar surface area (TPSA) is 84.8 Å². The average Bonchev–Trinajstić information content (AvgIpc) is 3.43. The van der Waals surface area contributed by atoms with Crippen molar-refractivity contribution in [1.82, 2.24) is 14.9 Å². The molecule has 0 bridgehead atoms. The molecule has 0 atom stereocenters. The molecule has 1 N–H and O–H groups in total. The van der Waals surface area contributed by atoms with Crippen LogP contribution in [0.4, 0.5) is 0 Å². The van der Waals surface area contributed by atoms with E-state index in [4.69, 9.17) is 47.8 Å². The fraction of sp³-hybridized carbons (Fsp3) is 0.361. The molecule has 2 aliphatic rings. The number of pyridine rings is 2. The van der Waals surface area contributed by atoms with Crippen molar-refractivity contribution >= 4 is 29.0 Å². The summed E-state index contributed by atoms with van der Waals surface area (Å²) in [7, 11) is 3.25. The molecule has 0 unspecified atom stereocenters. The highest BCUT2D eigenvalue weighted by molar-refractivity contribution is 6.39. The van der Waals surface area contributed by atoms with Crippen molar-refractivity contribution in [3.8, 4) is 45.4 Å². The van der Waals surface area contributed by atoms with Crippen molar-refractivity contribution in [2.75, 3.05) is 33.9 Å². The smallest absolute Gasteiger partial charge is 0.218 e. The molecule has 45 heavy (non-hydrogen) atoms. The number of Topliss-reactive ketones (excluding diaryl/α,β-unsaturated/α-hetero) is 1. The van der Waals surface area contributed by atoms with Gasteiger partial charge in [0.05, 0.1) is 35.7 Å². The summed E-state index contributed by atoms with van der Waals surface area (Å²) < 4.78 is 11.3. The highest BCUT2D eigenvalue weighted by Crippen LogP contribution is 2.45. The largest absolute Gasteiger partial charge is 0.481 e. The number of ketones is 1. The number of halogens is 2. The molecule has 9 heteroatoms. The number of benzene rings is 2. The third kappa shape index (κ3) is 6.45. The molecule has 2 aromatic carbocycles. The first-order valence-electron chi connectivity index (χ1n) is 15.4. The minimum atomic E-state index is 0.166. The van der Waals surface area contributed by atoms with Crippen LogP contribution in [0, 0.1) is 5.41 Å². The number of likely N-dealkylation sites (tertiary alicyclic amines) is 1. The van der Waals surface area contributed by atoms with Crippen LogP contribution in [0.15, 0.2) is 60.7 Å². The number of carbonyl (C=O) groups excluding carboxylic acids is 1. The SMILES string of the molecule is COc1nc(-c2cccc(-c3cccc(-c4ccc(CN5CC6(CCC(=O)C6)C5)c(OC)n4)c3Cl)c2Cl)ccc1CCCCO. The lowest BCUT2D eigenvalue weighted by Gasteiger charge is -2.48. The van der Waals surface area contributed by atoms with E-state index in [9.17, 15) is 4.79 Å². The van der Waals surface area contributed by atoms with E-state index in [1.807, 2.05) is 54.6 Å². The third-order valence-corrected chi connectivity index (χ3v) is 9.79. The van der Waals surface area contributed by atoms with Gasteiger partial charge in [-0.05, 0) is 37.8 Å². The average molecular weight is 647 g/mol. The number of carbonyl (C=O) groups is 1. The first-order chi connectivity index (χ1) is 21.8. The van der Waals surface area contributed by atoms with Gasteiger partial charge in [-0.2, -0.15) is 0 Å². The lowest BCUT2D eigenvalue weighted by Crippen LogP contribution is -2.54. The molecule has 0 amide bonds. The van der Waals surface area contributed by atoms with Gasteiger partial charge in [0.2, 0.25) is 11.8 Å². The highest BCUT2D eigenvalue weighted by Gasteiger charge is 2.47. The molecule has 7 nitrogen and oxygen atoms in total. The number of rotatable bonds is 11. The Kier molecular flexibility index (Phi) is 9.43. The zero-order chi connectivity index (χ0) is 31.6. The summed E-state index contributed by atoms with van der Waals surface area (Å²) in [5, 5.41) is 10.2. The van der Waals surface area contributed by atoms with E-state index < -0.39 is 0 Å². The first-order valence-corrected chi connectivity index (χ1v) is 16.1. The van der Waals surface area contributed by atoms with Gasteiger partial charge in [-0.15, -0.1) is 0 Å². The van der Waals surface area contributed by atoms with E-state index in [1.54, 1.807) is 14.2 Å². The quantitative estimate of drug-likeness (QED) is 0.168. The second-order valence-electron chi connectivity index (χ2n) is 12.1. The Labute approximate surface area is 274 Å². The van der Waals surface area contributed by atoms with Gasteiger partial charge in [-0.3, -0.25) is 9.69 Å². The highest BCUT2D eigenvalue weighted by atomic mass is 35.5. The number of aromatic nitrogens is 2. The van der Waals surface area contributed by atoms with Crippen LogP contribution in [0.25, 0.3) is 33.6 Å². The Hall–Kier alpha value is -3.49. The summed E-state index contributed by atoms with van der Waals surface area (Å²) in [6.45, 7) is 2.77. The molecular formula is C36H37Cl2N3O4. The summed E-state index contributed by atoms with van der Waals surface area (Å²) in [5.41, 5.74) is 6.71. The number of ether oxygens (including phenoxy) is 2. The maximum atomic E-state index is 11.8. The van der Waals surface area contributed by atoms with Crippen molar-refractivity contribution in [3.63, 3.8) is 0 Å². The standard InChI is InChI=1S/C36H37Cl2N3O4/c1-44-34-23(7-3-4-18-42)12-14-30(39-34)28-10-5-8-26(32(28)37)27-9-6-11-29(33(27)38)31-15-13-24(35(40-31)45-2)20-41-21-36(22-41)17-16-25(43)19-36/h5-6,8-15,42H,3-4,7,16-22H2,1-2H3. The molecule has 4 aromatic rings. The molecule has 6 rings (SSSR count). The van der Waals surface area contributed by atoms with Crippen molar-refractivity contribution in [3.05, 3.63) is 81.8 Å². The third-order valence-electron chi connectivity index (χ3n) is 8.98. The molecule has 2 aromatic heterocycles. The number of methoxy groups -OCH3 is 2. The van der Waals surface area contributed by atoms with Crippen LogP contribution >= 0.6 is 23.2 Å². The molecule has 1 saturated carbocycles. The number of aryl methyl sites for hydroxylation is 1. The van der Waals surface area contributed by atoms with Crippen molar-refractivity contribution in [1.29, 1.82) is 0 Å². The Morgan fingerprint density at radius 1 is 0.800 bits per heavy atom. The number of nitrogens with zero attached hydrogens (tertiary/aromatic N) is 3.